The number of anilines is 1. The van der Waals surface area contributed by atoms with Crippen molar-refractivity contribution in [3.05, 3.63) is 77.9 Å². The smallest absolute Gasteiger partial charge is 0.176 e. The summed E-state index contributed by atoms with van der Waals surface area (Å²) in [5.74, 6) is 0.273. The molecule has 2 aliphatic rings. The van der Waals surface area contributed by atoms with E-state index in [4.69, 9.17) is 0 Å². The molecule has 1 aliphatic heterocycles. The van der Waals surface area contributed by atoms with E-state index in [0.717, 1.165) is 18.5 Å². The molecule has 0 N–H and O–H groups in total. The molecule has 2 aromatic carbocycles. The highest BCUT2D eigenvalue weighted by molar-refractivity contribution is 6.11. The number of benzene rings is 2. The minimum Gasteiger partial charge on any atom is -0.363 e. The topological polar surface area (TPSA) is 20.3 Å². The normalized spacial score (nSPS) is 25.4. The van der Waals surface area contributed by atoms with E-state index in [1.807, 2.05) is 36.4 Å². The molecule has 0 radical (unpaired) electrons. The zero-order valence-corrected chi connectivity index (χ0v) is 12.8. The fraction of sp³-hybridized carbons (Fsp3) is 0.250. The molecule has 22 heavy (non-hydrogen) atoms. The summed E-state index contributed by atoms with van der Waals surface area (Å²) in [5.41, 5.74) is 3.98. The number of fused-ring (bicyclic) bond motifs is 3. The van der Waals surface area contributed by atoms with Gasteiger partial charge in [-0.15, -0.1) is 6.58 Å². The van der Waals surface area contributed by atoms with Crippen LogP contribution in [0, 0.1) is 0 Å². The Hall–Kier alpha value is -2.35. The second kappa shape index (κ2) is 4.57. The van der Waals surface area contributed by atoms with E-state index in [0.29, 0.717) is 0 Å². The number of Topliss-reactive ketones (excluding diaryl/α,β-unsaturated/α-hetero) is 1. The summed E-state index contributed by atoms with van der Waals surface area (Å²) in [6.07, 6.45) is 2.71. The molecule has 1 aliphatic carbocycles. The lowest BCUT2D eigenvalue weighted by molar-refractivity contribution is 0.0891. The molecule has 0 bridgehead atoms. The van der Waals surface area contributed by atoms with Crippen LogP contribution in [0.25, 0.3) is 0 Å². The lowest BCUT2D eigenvalue weighted by atomic mass is 9.74. The zero-order chi connectivity index (χ0) is 15.3. The molecule has 1 spiro atoms. The van der Waals surface area contributed by atoms with Crippen LogP contribution in [0.4, 0.5) is 5.69 Å². The summed E-state index contributed by atoms with van der Waals surface area (Å²) in [4.78, 5) is 15.6. The average Bonchev–Trinajstić information content (AvgIpc) is 2.98. The summed E-state index contributed by atoms with van der Waals surface area (Å²) >= 11 is 0. The van der Waals surface area contributed by atoms with Crippen LogP contribution in [0.15, 0.2) is 61.2 Å². The minimum absolute atomic E-state index is 0.141. The van der Waals surface area contributed by atoms with Gasteiger partial charge in [0.2, 0.25) is 0 Å². The maximum atomic E-state index is 13.3. The van der Waals surface area contributed by atoms with Crippen LogP contribution in [0.3, 0.4) is 0 Å². The number of carbonyl (C=O) groups excluding carboxylic acids is 1. The maximum absolute atomic E-state index is 13.3. The Kier molecular flexibility index (Phi) is 2.77. The largest absolute Gasteiger partial charge is 0.363 e. The molecule has 110 valence electrons. The molecule has 0 unspecified atom stereocenters. The van der Waals surface area contributed by atoms with Crippen molar-refractivity contribution >= 4 is 11.5 Å². The Morgan fingerprint density at radius 2 is 1.95 bits per heavy atom. The summed E-state index contributed by atoms with van der Waals surface area (Å²) in [6.45, 7) is 6.82. The molecule has 2 nitrogen and oxygen atoms in total. The van der Waals surface area contributed by atoms with Crippen molar-refractivity contribution < 1.29 is 4.79 Å². The molecule has 0 aromatic heterocycles. The molecule has 0 fully saturated rings. The fourth-order valence-corrected chi connectivity index (χ4v) is 4.27. The second-order valence-electron chi connectivity index (χ2n) is 6.27. The van der Waals surface area contributed by atoms with Crippen molar-refractivity contribution in [1.82, 2.24) is 0 Å². The van der Waals surface area contributed by atoms with E-state index in [1.54, 1.807) is 0 Å². The van der Waals surface area contributed by atoms with Gasteiger partial charge in [0.05, 0.1) is 5.41 Å². The number of ketones is 1. The van der Waals surface area contributed by atoms with Crippen LogP contribution in [0.1, 0.15) is 28.4 Å². The van der Waals surface area contributed by atoms with Gasteiger partial charge in [-0.2, -0.15) is 0 Å². The molecular weight excluding hydrogens is 270 g/mol. The molecule has 0 saturated heterocycles. The lowest BCUT2D eigenvalue weighted by Crippen LogP contribution is -2.47. The summed E-state index contributed by atoms with van der Waals surface area (Å²) in [6, 6.07) is 16.5. The highest BCUT2D eigenvalue weighted by atomic mass is 16.1. The van der Waals surface area contributed by atoms with E-state index >= 15 is 0 Å². The van der Waals surface area contributed by atoms with Crippen molar-refractivity contribution in [3.8, 4) is 0 Å². The van der Waals surface area contributed by atoms with Gasteiger partial charge in [-0.05, 0) is 30.5 Å². The van der Waals surface area contributed by atoms with E-state index in [1.165, 1.54) is 16.8 Å². The number of para-hydroxylation sites is 1. The predicted octanol–water partition coefficient (Wildman–Crippen LogP) is 3.76. The van der Waals surface area contributed by atoms with Crippen LogP contribution < -0.4 is 4.90 Å². The standard InChI is InChI=1S/C20H19NO/c1-3-12-21-14(2)20(17-10-6-7-11-18(17)21)13-15-8-4-5-9-16(15)19(20)22/h3-11,14H,1,12-13H2,2H3/t14-,20+/m0/s1. The molecular formula is C20H19NO. The number of hydrogen-bond acceptors (Lipinski definition) is 2. The van der Waals surface area contributed by atoms with Crippen LogP contribution in [-0.4, -0.2) is 18.4 Å². The molecule has 1 heterocycles. The maximum Gasteiger partial charge on any atom is 0.176 e. The Bertz CT molecular complexity index is 779. The van der Waals surface area contributed by atoms with Crippen molar-refractivity contribution in [3.63, 3.8) is 0 Å². The van der Waals surface area contributed by atoms with E-state index < -0.39 is 5.41 Å². The third-order valence-electron chi connectivity index (χ3n) is 5.34. The Morgan fingerprint density at radius 3 is 2.73 bits per heavy atom. The van der Waals surface area contributed by atoms with Crippen molar-refractivity contribution in [2.24, 2.45) is 0 Å². The van der Waals surface area contributed by atoms with Gasteiger partial charge in [0.1, 0.15) is 0 Å². The molecule has 2 aromatic rings. The Balaban J connectivity index is 1.93. The van der Waals surface area contributed by atoms with Crippen molar-refractivity contribution in [1.29, 1.82) is 0 Å². The summed E-state index contributed by atoms with van der Waals surface area (Å²) in [7, 11) is 0. The minimum atomic E-state index is -0.441. The van der Waals surface area contributed by atoms with Crippen LogP contribution in [0.5, 0.6) is 0 Å². The predicted molar refractivity (Wildman–Crippen MR) is 89.6 cm³/mol. The number of nitrogens with zero attached hydrogens (tertiary/aromatic N) is 1. The zero-order valence-electron chi connectivity index (χ0n) is 12.8. The first-order valence-corrected chi connectivity index (χ1v) is 7.80. The first-order chi connectivity index (χ1) is 10.7. The van der Waals surface area contributed by atoms with Crippen molar-refractivity contribution in [2.75, 3.05) is 11.4 Å². The van der Waals surface area contributed by atoms with Gasteiger partial charge in [-0.1, -0.05) is 48.5 Å². The van der Waals surface area contributed by atoms with Gasteiger partial charge >= 0.3 is 0 Å². The third-order valence-corrected chi connectivity index (χ3v) is 5.34. The molecule has 0 saturated carbocycles. The van der Waals surface area contributed by atoms with E-state index in [9.17, 15) is 4.79 Å². The number of hydrogen-bond donors (Lipinski definition) is 0. The highest BCUT2D eigenvalue weighted by Gasteiger charge is 2.56. The van der Waals surface area contributed by atoms with E-state index in [-0.39, 0.29) is 11.8 Å². The quantitative estimate of drug-likeness (QED) is 0.785. The number of rotatable bonds is 2. The monoisotopic (exact) mass is 289 g/mol. The highest BCUT2D eigenvalue weighted by Crippen LogP contribution is 2.52. The average molecular weight is 289 g/mol. The van der Waals surface area contributed by atoms with Gasteiger partial charge in [-0.3, -0.25) is 4.79 Å². The first kappa shape index (κ1) is 13.3. The van der Waals surface area contributed by atoms with Crippen LogP contribution >= 0.6 is 0 Å². The van der Waals surface area contributed by atoms with E-state index in [2.05, 4.69) is 36.6 Å². The summed E-state index contributed by atoms with van der Waals surface area (Å²) < 4.78 is 0. The van der Waals surface area contributed by atoms with Crippen LogP contribution in [0.2, 0.25) is 0 Å². The van der Waals surface area contributed by atoms with Gasteiger partial charge in [0, 0.05) is 23.8 Å². The van der Waals surface area contributed by atoms with Gasteiger partial charge in [0.15, 0.2) is 5.78 Å². The first-order valence-electron chi connectivity index (χ1n) is 7.80. The third kappa shape index (κ3) is 1.47. The molecule has 2 atom stereocenters. The Morgan fingerprint density at radius 1 is 1.23 bits per heavy atom. The van der Waals surface area contributed by atoms with Gasteiger partial charge in [0.25, 0.3) is 0 Å². The lowest BCUT2D eigenvalue weighted by Gasteiger charge is -2.32. The summed E-state index contributed by atoms with van der Waals surface area (Å²) in [5, 5.41) is 0. The molecule has 4 rings (SSSR count). The fourth-order valence-electron chi connectivity index (χ4n) is 4.27. The van der Waals surface area contributed by atoms with Gasteiger partial charge < -0.3 is 4.90 Å². The SMILES string of the molecule is C=CCN1c2ccccc2[C@@]2(Cc3ccccc3C2=O)[C@@H]1C. The van der Waals surface area contributed by atoms with Crippen LogP contribution in [-0.2, 0) is 11.8 Å². The van der Waals surface area contributed by atoms with Crippen molar-refractivity contribution in [2.45, 2.75) is 24.8 Å². The molecule has 0 amide bonds. The molecule has 2 heteroatoms. The second-order valence-corrected chi connectivity index (χ2v) is 6.27. The number of carbonyl (C=O) groups is 1. The Labute approximate surface area is 131 Å². The van der Waals surface area contributed by atoms with Gasteiger partial charge in [-0.25, -0.2) is 0 Å².